The van der Waals surface area contributed by atoms with Gasteiger partial charge in [-0.25, -0.2) is 0 Å². The van der Waals surface area contributed by atoms with Gasteiger partial charge in [-0.3, -0.25) is 14.9 Å². The van der Waals surface area contributed by atoms with E-state index in [-0.39, 0.29) is 12.6 Å². The van der Waals surface area contributed by atoms with Crippen molar-refractivity contribution in [3.05, 3.63) is 0 Å². The van der Waals surface area contributed by atoms with Crippen molar-refractivity contribution in [3.63, 3.8) is 0 Å². The fourth-order valence-corrected chi connectivity index (χ4v) is 3.23. The molecule has 9 heteroatoms. The molecule has 0 spiro atoms. The Morgan fingerprint density at radius 2 is 1.70 bits per heavy atom. The SMILES string of the molecule is CCO[Si](CNC(CC(=O)OC)C(=O)OC)(OC)OC. The van der Waals surface area contributed by atoms with E-state index in [1.165, 1.54) is 28.4 Å². The molecule has 1 unspecified atom stereocenters. The van der Waals surface area contributed by atoms with E-state index >= 15 is 0 Å². The summed E-state index contributed by atoms with van der Waals surface area (Å²) >= 11 is 0. The van der Waals surface area contributed by atoms with E-state index in [9.17, 15) is 9.59 Å². The minimum Gasteiger partial charge on any atom is -0.469 e. The van der Waals surface area contributed by atoms with Crippen molar-refractivity contribution < 1.29 is 32.3 Å². The molecule has 0 aliphatic carbocycles. The maximum Gasteiger partial charge on any atom is 0.514 e. The molecule has 1 N–H and O–H groups in total. The van der Waals surface area contributed by atoms with Gasteiger partial charge in [0.05, 0.1) is 26.8 Å². The molecule has 0 aliphatic heterocycles. The van der Waals surface area contributed by atoms with Gasteiger partial charge in [0.15, 0.2) is 0 Å². The molecule has 1 atom stereocenters. The van der Waals surface area contributed by atoms with E-state index in [4.69, 9.17) is 13.3 Å². The molecule has 0 rings (SSSR count). The van der Waals surface area contributed by atoms with Gasteiger partial charge in [-0.2, -0.15) is 0 Å². The topological polar surface area (TPSA) is 92.3 Å². The summed E-state index contributed by atoms with van der Waals surface area (Å²) in [5.41, 5.74) is 0. The normalized spacial score (nSPS) is 12.8. The van der Waals surface area contributed by atoms with Crippen molar-refractivity contribution >= 4 is 20.7 Å². The second kappa shape index (κ2) is 9.83. The highest BCUT2D eigenvalue weighted by atomic mass is 28.4. The molecule has 0 saturated heterocycles. The van der Waals surface area contributed by atoms with E-state index < -0.39 is 26.8 Å². The predicted molar refractivity (Wildman–Crippen MR) is 71.8 cm³/mol. The maximum absolute atomic E-state index is 11.6. The maximum atomic E-state index is 11.6. The zero-order valence-electron chi connectivity index (χ0n) is 12.6. The zero-order valence-corrected chi connectivity index (χ0v) is 13.6. The van der Waals surface area contributed by atoms with Crippen LogP contribution >= 0.6 is 0 Å². The van der Waals surface area contributed by atoms with E-state index in [0.717, 1.165) is 0 Å². The van der Waals surface area contributed by atoms with Crippen molar-refractivity contribution in [1.29, 1.82) is 0 Å². The molecule has 0 aromatic carbocycles. The second-order valence-corrected chi connectivity index (χ2v) is 6.59. The van der Waals surface area contributed by atoms with Crippen LogP contribution in [0.4, 0.5) is 0 Å². The Balaban J connectivity index is 4.71. The molecule has 118 valence electrons. The number of hydrogen-bond donors (Lipinski definition) is 1. The molecule has 0 saturated carbocycles. The number of hydrogen-bond acceptors (Lipinski definition) is 8. The van der Waals surface area contributed by atoms with E-state index in [1.807, 2.05) is 6.92 Å². The summed E-state index contributed by atoms with van der Waals surface area (Å²) in [7, 11) is 2.54. The lowest BCUT2D eigenvalue weighted by atomic mass is 10.2. The lowest BCUT2D eigenvalue weighted by Gasteiger charge is -2.27. The molecule has 0 aliphatic rings. The van der Waals surface area contributed by atoms with Crippen LogP contribution in [0.25, 0.3) is 0 Å². The van der Waals surface area contributed by atoms with Crippen LogP contribution in [-0.4, -0.2) is 68.0 Å². The standard InChI is InChI=1S/C11H23NO7Si/c1-6-19-20(17-4,18-5)8-12-9(11(14)16-3)7-10(13)15-2/h9,12H,6-8H2,1-5H3. The van der Waals surface area contributed by atoms with Gasteiger partial charge in [-0.1, -0.05) is 0 Å². The van der Waals surface area contributed by atoms with Gasteiger partial charge in [0.2, 0.25) is 0 Å². The summed E-state index contributed by atoms with van der Waals surface area (Å²) in [5.74, 6) is -1.09. The molecular formula is C11H23NO7Si. The van der Waals surface area contributed by atoms with E-state index in [2.05, 4.69) is 14.8 Å². The average Bonchev–Trinajstić information content (AvgIpc) is 2.48. The first-order valence-electron chi connectivity index (χ1n) is 6.10. The van der Waals surface area contributed by atoms with Crippen LogP contribution in [-0.2, 0) is 32.3 Å². The first-order chi connectivity index (χ1) is 9.48. The fourth-order valence-electron chi connectivity index (χ4n) is 1.50. The van der Waals surface area contributed by atoms with Gasteiger partial charge >= 0.3 is 20.7 Å². The van der Waals surface area contributed by atoms with Gasteiger partial charge in [0, 0.05) is 20.8 Å². The highest BCUT2D eigenvalue weighted by molar-refractivity contribution is 6.60. The number of carbonyl (C=O) groups excluding carboxylic acids is 2. The summed E-state index contributed by atoms with van der Waals surface area (Å²) < 4.78 is 25.2. The van der Waals surface area contributed by atoms with E-state index in [1.54, 1.807) is 0 Å². The molecule has 0 aromatic heterocycles. The summed E-state index contributed by atoms with van der Waals surface area (Å²) in [5, 5.41) is 2.87. The number of ether oxygens (including phenoxy) is 2. The number of rotatable bonds is 10. The van der Waals surface area contributed by atoms with Crippen LogP contribution in [0.5, 0.6) is 0 Å². The van der Waals surface area contributed by atoms with Crippen molar-refractivity contribution in [2.24, 2.45) is 0 Å². The molecule has 8 nitrogen and oxygen atoms in total. The Morgan fingerprint density at radius 1 is 1.10 bits per heavy atom. The summed E-state index contributed by atoms with van der Waals surface area (Å²) in [6.07, 6.45) is 0.0256. The van der Waals surface area contributed by atoms with Crippen LogP contribution in [0.15, 0.2) is 0 Å². The lowest BCUT2D eigenvalue weighted by molar-refractivity contribution is -0.149. The molecule has 0 fully saturated rings. The second-order valence-electron chi connectivity index (χ2n) is 3.76. The molecule has 0 amide bonds. The van der Waals surface area contributed by atoms with Gasteiger partial charge < -0.3 is 22.8 Å². The smallest absolute Gasteiger partial charge is 0.469 e. The Kier molecular flexibility index (Phi) is 9.34. The van der Waals surface area contributed by atoms with Crippen LogP contribution in [0.2, 0.25) is 0 Å². The van der Waals surface area contributed by atoms with Crippen LogP contribution in [0.3, 0.4) is 0 Å². The Hall–Kier alpha value is -1.00. The van der Waals surface area contributed by atoms with Crippen molar-refractivity contribution in [1.82, 2.24) is 5.32 Å². The number of carbonyl (C=O) groups is 2. The van der Waals surface area contributed by atoms with Crippen molar-refractivity contribution in [2.45, 2.75) is 19.4 Å². The predicted octanol–water partition coefficient (Wildman–Crippen LogP) is -0.512. The highest BCUT2D eigenvalue weighted by Crippen LogP contribution is 2.07. The Labute approximate surface area is 120 Å². The number of nitrogens with one attached hydrogen (secondary N) is 1. The van der Waals surface area contributed by atoms with Crippen molar-refractivity contribution in [2.75, 3.05) is 41.2 Å². The number of esters is 2. The third kappa shape index (κ3) is 5.97. The third-order valence-electron chi connectivity index (χ3n) is 2.64. The van der Waals surface area contributed by atoms with Crippen molar-refractivity contribution in [3.8, 4) is 0 Å². The summed E-state index contributed by atoms with van der Waals surface area (Å²) in [4.78, 5) is 22.9. The summed E-state index contributed by atoms with van der Waals surface area (Å²) in [6.45, 7) is 2.22. The molecule has 0 bridgehead atoms. The summed E-state index contributed by atoms with van der Waals surface area (Å²) in [6, 6.07) is -0.843. The first-order valence-corrected chi connectivity index (χ1v) is 8.04. The quantitative estimate of drug-likeness (QED) is 0.426. The van der Waals surface area contributed by atoms with Gasteiger partial charge in [-0.05, 0) is 6.92 Å². The van der Waals surface area contributed by atoms with Gasteiger partial charge in [0.1, 0.15) is 6.04 Å². The molecule has 0 radical (unpaired) electrons. The Bertz CT molecular complexity index is 309. The highest BCUT2D eigenvalue weighted by Gasteiger charge is 2.40. The third-order valence-corrected chi connectivity index (χ3v) is 5.25. The van der Waals surface area contributed by atoms with Gasteiger partial charge in [-0.15, -0.1) is 0 Å². The van der Waals surface area contributed by atoms with Crippen LogP contribution in [0.1, 0.15) is 13.3 Å². The molecular weight excluding hydrogens is 286 g/mol. The molecule has 0 heterocycles. The number of methoxy groups -OCH3 is 2. The lowest BCUT2D eigenvalue weighted by Crippen LogP contribution is -2.56. The minimum atomic E-state index is -2.90. The average molecular weight is 309 g/mol. The largest absolute Gasteiger partial charge is 0.514 e. The molecule has 20 heavy (non-hydrogen) atoms. The van der Waals surface area contributed by atoms with E-state index in [0.29, 0.717) is 6.61 Å². The van der Waals surface area contributed by atoms with Crippen LogP contribution < -0.4 is 5.32 Å². The fraction of sp³-hybridized carbons (Fsp3) is 0.818. The minimum absolute atomic E-state index is 0.146. The zero-order chi connectivity index (χ0) is 15.6. The van der Waals surface area contributed by atoms with Gasteiger partial charge in [0.25, 0.3) is 0 Å². The molecule has 0 aromatic rings. The first kappa shape index (κ1) is 19.0. The Morgan fingerprint density at radius 3 is 2.10 bits per heavy atom. The monoisotopic (exact) mass is 309 g/mol. The van der Waals surface area contributed by atoms with Crippen LogP contribution in [0, 0.1) is 0 Å².